The van der Waals surface area contributed by atoms with Crippen LogP contribution in [-0.4, -0.2) is 39.5 Å². The predicted octanol–water partition coefficient (Wildman–Crippen LogP) is 0.923. The SMILES string of the molecule is O=C([O][Al]([F])[F])C(F)(F)C(=O)C(F)F. The van der Waals surface area contributed by atoms with Crippen molar-refractivity contribution in [3.8, 4) is 0 Å². The van der Waals surface area contributed by atoms with E-state index in [0.717, 1.165) is 0 Å². The van der Waals surface area contributed by atoms with E-state index in [1.807, 2.05) is 0 Å². The summed E-state index contributed by atoms with van der Waals surface area (Å²) in [4.78, 5) is 20.0. The molecule has 0 radical (unpaired) electrons. The molecule has 0 saturated heterocycles. The van der Waals surface area contributed by atoms with E-state index < -0.39 is 39.5 Å². The van der Waals surface area contributed by atoms with Crippen LogP contribution in [0.1, 0.15) is 0 Å². The average molecular weight is 238 g/mol. The second-order valence-electron chi connectivity index (χ2n) is 1.91. The molecule has 0 aromatic carbocycles. The number of carbonyl (C=O) groups is 2. The van der Waals surface area contributed by atoms with Gasteiger partial charge in [0.25, 0.3) is 5.78 Å². The Hall–Kier alpha value is -0.748. The molecule has 80 valence electrons. The van der Waals surface area contributed by atoms with Gasteiger partial charge in [0.1, 0.15) is 0 Å². The average Bonchev–Trinajstić information content (AvgIpc) is 2.01. The number of hydrogen-bond acceptors (Lipinski definition) is 3. The molecular weight excluding hydrogens is 237 g/mol. The summed E-state index contributed by atoms with van der Waals surface area (Å²) in [5.74, 6) is -11.2. The zero-order valence-electron chi connectivity index (χ0n) is 6.15. The van der Waals surface area contributed by atoms with Crippen molar-refractivity contribution in [3.05, 3.63) is 0 Å². The molecule has 0 aliphatic heterocycles. The van der Waals surface area contributed by atoms with Crippen molar-refractivity contribution in [3.63, 3.8) is 0 Å². The Morgan fingerprint density at radius 3 is 1.93 bits per heavy atom. The number of rotatable bonds is 4. The fourth-order valence-electron chi connectivity index (χ4n) is 0.393. The molecule has 0 atom stereocenters. The Morgan fingerprint density at radius 2 is 1.64 bits per heavy atom. The van der Waals surface area contributed by atoms with Crippen LogP contribution in [0.25, 0.3) is 0 Å². The largest absolute Gasteiger partial charge is 1.09 e. The maximum Gasteiger partial charge on any atom is 1.09 e. The van der Waals surface area contributed by atoms with Gasteiger partial charge in [-0.05, 0) is 0 Å². The van der Waals surface area contributed by atoms with Crippen molar-refractivity contribution in [2.24, 2.45) is 0 Å². The Morgan fingerprint density at radius 1 is 1.21 bits per heavy atom. The summed E-state index contributed by atoms with van der Waals surface area (Å²) in [5.41, 5.74) is 0. The molecule has 0 unspecified atom stereocenters. The summed E-state index contributed by atoms with van der Waals surface area (Å²) in [6.07, 6.45) is -4.13. The van der Waals surface area contributed by atoms with E-state index >= 15 is 0 Å². The van der Waals surface area contributed by atoms with Crippen LogP contribution in [0.5, 0.6) is 0 Å². The molecule has 0 aliphatic rings. The third-order valence-electron chi connectivity index (χ3n) is 0.960. The van der Waals surface area contributed by atoms with Crippen LogP contribution < -0.4 is 0 Å². The number of Topliss-reactive ketones (excluding diaryl/α,β-unsaturated/α-hetero) is 1. The van der Waals surface area contributed by atoms with Crippen LogP contribution in [0, 0.1) is 0 Å². The highest BCUT2D eigenvalue weighted by Gasteiger charge is 2.54. The summed E-state index contributed by atoms with van der Waals surface area (Å²) in [6, 6.07) is 0. The highest BCUT2D eigenvalue weighted by molar-refractivity contribution is 6.38. The lowest BCUT2D eigenvalue weighted by molar-refractivity contribution is -0.175. The molecule has 0 N–H and O–H groups in total. The van der Waals surface area contributed by atoms with Gasteiger partial charge in [0.05, 0.1) is 0 Å². The second kappa shape index (κ2) is 4.66. The minimum Gasteiger partial charge on any atom is -0.562 e. The van der Waals surface area contributed by atoms with Crippen molar-refractivity contribution in [2.75, 3.05) is 0 Å². The van der Waals surface area contributed by atoms with Gasteiger partial charge < -0.3 is 10.8 Å². The van der Waals surface area contributed by atoms with Gasteiger partial charge in [-0.15, -0.1) is 0 Å². The zero-order valence-corrected chi connectivity index (χ0v) is 7.30. The van der Waals surface area contributed by atoms with E-state index in [1.54, 1.807) is 0 Å². The fourth-order valence-corrected chi connectivity index (χ4v) is 0.702. The maximum absolute atomic E-state index is 12.2. The molecule has 0 heterocycles. The van der Waals surface area contributed by atoms with Crippen molar-refractivity contribution >= 4 is 27.2 Å². The van der Waals surface area contributed by atoms with Crippen LogP contribution in [-0.2, 0) is 13.4 Å². The van der Waals surface area contributed by atoms with Crippen LogP contribution in [0.3, 0.4) is 0 Å². The third kappa shape index (κ3) is 3.19. The molecule has 0 aromatic rings. The van der Waals surface area contributed by atoms with Crippen molar-refractivity contribution in [2.45, 2.75) is 12.3 Å². The first-order valence-electron chi connectivity index (χ1n) is 2.89. The van der Waals surface area contributed by atoms with Gasteiger partial charge in [-0.2, -0.15) is 8.78 Å². The Balaban J connectivity index is 4.61. The normalized spacial score (nSPS) is 11.4. The molecule has 0 aromatic heterocycles. The van der Waals surface area contributed by atoms with Crippen molar-refractivity contribution < 1.29 is 38.0 Å². The standard InChI is InChI=1S/C4H2F4O3.Al.2FH/c5-2(6)1(9)4(7,8)3(10)11;;;/h2H,(H,10,11);;2*1H/q;+3;;/p-3. The Bertz CT molecular complexity index is 241. The second-order valence-corrected chi connectivity index (χ2v) is 2.66. The summed E-state index contributed by atoms with van der Waals surface area (Å²) >= 11 is -5.13. The van der Waals surface area contributed by atoms with Gasteiger partial charge in [0.15, 0.2) is 0 Å². The smallest absolute Gasteiger partial charge is 0.562 e. The first-order valence-corrected chi connectivity index (χ1v) is 4.23. The maximum atomic E-state index is 12.2. The molecule has 0 spiro atoms. The summed E-state index contributed by atoms with van der Waals surface area (Å²) < 4.78 is 72.7. The molecule has 3 nitrogen and oxygen atoms in total. The van der Waals surface area contributed by atoms with E-state index in [0.29, 0.717) is 0 Å². The first-order chi connectivity index (χ1) is 6.19. The molecule has 0 fully saturated rings. The Labute approximate surface area is 78.3 Å². The topological polar surface area (TPSA) is 43.4 Å². The minimum absolute atomic E-state index is 2.75. The first kappa shape index (κ1) is 13.3. The fraction of sp³-hybridized carbons (Fsp3) is 0.500. The van der Waals surface area contributed by atoms with Gasteiger partial charge in [0.2, 0.25) is 0 Å². The third-order valence-corrected chi connectivity index (χ3v) is 1.35. The molecule has 0 amide bonds. The van der Waals surface area contributed by atoms with Crippen molar-refractivity contribution in [1.29, 1.82) is 0 Å². The highest BCUT2D eigenvalue weighted by atomic mass is 27.3. The van der Waals surface area contributed by atoms with Gasteiger partial charge in [-0.25, -0.2) is 13.6 Å². The summed E-state index contributed by atoms with van der Waals surface area (Å²) in [5, 5.41) is 0. The van der Waals surface area contributed by atoms with E-state index in [4.69, 9.17) is 0 Å². The van der Waals surface area contributed by atoms with E-state index in [-0.39, 0.29) is 0 Å². The molecule has 0 rings (SSSR count). The van der Waals surface area contributed by atoms with Gasteiger partial charge >= 0.3 is 33.7 Å². The number of carbonyl (C=O) groups excluding carboxylic acids is 2. The number of alkyl halides is 4. The van der Waals surface area contributed by atoms with E-state index in [2.05, 4.69) is 3.79 Å². The van der Waals surface area contributed by atoms with Crippen LogP contribution in [0.4, 0.5) is 24.6 Å². The van der Waals surface area contributed by atoms with Gasteiger partial charge in [0, 0.05) is 0 Å². The summed E-state index contributed by atoms with van der Waals surface area (Å²) in [6.45, 7) is 0. The molecule has 0 bridgehead atoms. The predicted molar refractivity (Wildman–Crippen MR) is 30.0 cm³/mol. The van der Waals surface area contributed by atoms with Crippen LogP contribution >= 0.6 is 0 Å². The molecule has 0 aliphatic carbocycles. The van der Waals surface area contributed by atoms with Gasteiger partial charge in [-0.1, -0.05) is 0 Å². The van der Waals surface area contributed by atoms with Crippen molar-refractivity contribution in [1.82, 2.24) is 0 Å². The number of ketones is 1. The minimum atomic E-state index is -5.22. The lowest BCUT2D eigenvalue weighted by atomic mass is 10.2. The van der Waals surface area contributed by atoms with Crippen LogP contribution in [0.2, 0.25) is 0 Å². The lowest BCUT2D eigenvalue weighted by Gasteiger charge is -2.12. The summed E-state index contributed by atoms with van der Waals surface area (Å²) in [7, 11) is 0. The lowest BCUT2D eigenvalue weighted by Crippen LogP contribution is -2.44. The molecule has 0 saturated carbocycles. The van der Waals surface area contributed by atoms with Gasteiger partial charge in [-0.3, -0.25) is 4.79 Å². The number of hydrogen-bond donors (Lipinski definition) is 0. The van der Waals surface area contributed by atoms with Crippen LogP contribution in [0.15, 0.2) is 0 Å². The van der Waals surface area contributed by atoms with E-state index in [9.17, 15) is 34.2 Å². The molecular formula is C4HAlF6O3. The molecule has 14 heavy (non-hydrogen) atoms. The Kier molecular flexibility index (Phi) is 4.41. The highest BCUT2D eigenvalue weighted by Crippen LogP contribution is 2.21. The van der Waals surface area contributed by atoms with E-state index in [1.165, 1.54) is 0 Å². The molecule has 10 heteroatoms. The zero-order chi connectivity index (χ0) is 11.5. The monoisotopic (exact) mass is 238 g/mol. The number of halogens is 6. The quantitative estimate of drug-likeness (QED) is 0.415.